The van der Waals surface area contributed by atoms with Gasteiger partial charge in [-0.3, -0.25) is 13.5 Å². The standard InChI is InChI=1S/C48H31N7/c1-5-15-32(16-6-1)33-25-27-35(28-26-33)45-50-44(34-17-7-2-8-18-34)51-46(52-45)36-29-30-41-42(31-36)54(38-21-11-4-12-22-38)48-49-43-39-23-13-14-24-40(39)53(47(43)55(41)48)37-19-9-3-10-20-37/h1-31H. The second kappa shape index (κ2) is 12.5. The molecule has 0 aliphatic carbocycles. The highest BCUT2D eigenvalue weighted by Crippen LogP contribution is 2.38. The van der Waals surface area contributed by atoms with Crippen LogP contribution in [0.15, 0.2) is 188 Å². The fourth-order valence-corrected chi connectivity index (χ4v) is 7.74. The van der Waals surface area contributed by atoms with Gasteiger partial charge < -0.3 is 0 Å². The van der Waals surface area contributed by atoms with Gasteiger partial charge >= 0.3 is 0 Å². The van der Waals surface area contributed by atoms with Crippen molar-refractivity contribution >= 4 is 38.9 Å². The number of imidazole rings is 2. The van der Waals surface area contributed by atoms with Crippen LogP contribution in [0, 0.1) is 0 Å². The van der Waals surface area contributed by atoms with E-state index in [0.29, 0.717) is 17.5 Å². The molecular weight excluding hydrogens is 675 g/mol. The Hall–Kier alpha value is -7.64. The fraction of sp³-hybridized carbons (Fsp3) is 0. The lowest BCUT2D eigenvalue weighted by Crippen LogP contribution is -2.00. The molecule has 55 heavy (non-hydrogen) atoms. The molecule has 4 heterocycles. The molecule has 0 spiro atoms. The highest BCUT2D eigenvalue weighted by atomic mass is 15.3. The summed E-state index contributed by atoms with van der Waals surface area (Å²) in [6.45, 7) is 0. The van der Waals surface area contributed by atoms with Crippen molar-refractivity contribution < 1.29 is 0 Å². The normalized spacial score (nSPS) is 11.6. The first-order valence-corrected chi connectivity index (χ1v) is 18.3. The molecule has 0 aliphatic heterocycles. The van der Waals surface area contributed by atoms with Gasteiger partial charge in [-0.15, -0.1) is 0 Å². The number of fused-ring (bicyclic) bond motifs is 7. The SMILES string of the molecule is c1ccc(-c2ccc(-c3nc(-c4ccccc4)nc(-c4ccc5c(c4)n(-c4ccccc4)c4nc6c7ccccc7n(-c7ccccc7)c6n54)n3)cc2)cc1. The highest BCUT2D eigenvalue weighted by Gasteiger charge is 2.24. The minimum Gasteiger partial charge on any atom is -0.294 e. The maximum atomic E-state index is 5.41. The molecule has 7 nitrogen and oxygen atoms in total. The first-order valence-electron chi connectivity index (χ1n) is 18.3. The smallest absolute Gasteiger partial charge is 0.221 e. The highest BCUT2D eigenvalue weighted by molar-refractivity contribution is 6.09. The Morgan fingerprint density at radius 2 is 0.800 bits per heavy atom. The van der Waals surface area contributed by atoms with Crippen molar-refractivity contribution in [1.29, 1.82) is 0 Å². The van der Waals surface area contributed by atoms with Crippen LogP contribution in [-0.4, -0.2) is 33.5 Å². The average Bonchev–Trinajstić information content (AvgIpc) is 3.90. The average molecular weight is 706 g/mol. The number of rotatable bonds is 6. The monoisotopic (exact) mass is 705 g/mol. The van der Waals surface area contributed by atoms with E-state index in [0.717, 1.165) is 78.1 Å². The van der Waals surface area contributed by atoms with Crippen LogP contribution in [0.3, 0.4) is 0 Å². The Balaban J connectivity index is 1.15. The molecule has 11 rings (SSSR count). The molecule has 0 unspecified atom stereocenters. The van der Waals surface area contributed by atoms with Gasteiger partial charge in [0.1, 0.15) is 5.52 Å². The van der Waals surface area contributed by atoms with Crippen LogP contribution in [0.1, 0.15) is 0 Å². The third kappa shape index (κ3) is 5.05. The molecular formula is C48H31N7. The molecule has 258 valence electrons. The summed E-state index contributed by atoms with van der Waals surface area (Å²) in [4.78, 5) is 20.6. The molecule has 0 amide bonds. The number of hydrogen-bond acceptors (Lipinski definition) is 4. The lowest BCUT2D eigenvalue weighted by molar-refractivity contribution is 1.07. The maximum absolute atomic E-state index is 5.41. The summed E-state index contributed by atoms with van der Waals surface area (Å²) in [6.07, 6.45) is 0. The van der Waals surface area contributed by atoms with Gasteiger partial charge in [-0.1, -0.05) is 140 Å². The molecule has 7 heteroatoms. The van der Waals surface area contributed by atoms with Crippen molar-refractivity contribution in [3.63, 3.8) is 0 Å². The van der Waals surface area contributed by atoms with E-state index in [4.69, 9.17) is 19.9 Å². The number of benzene rings is 7. The molecule has 4 aromatic heterocycles. The topological polar surface area (TPSA) is 65.8 Å². The van der Waals surface area contributed by atoms with E-state index in [1.54, 1.807) is 0 Å². The predicted molar refractivity (Wildman–Crippen MR) is 221 cm³/mol. The molecule has 0 saturated heterocycles. The molecule has 0 aliphatic rings. The molecule has 0 radical (unpaired) electrons. The van der Waals surface area contributed by atoms with Crippen LogP contribution in [0.2, 0.25) is 0 Å². The van der Waals surface area contributed by atoms with Gasteiger partial charge in [0.05, 0.1) is 16.6 Å². The number of hydrogen-bond donors (Lipinski definition) is 0. The van der Waals surface area contributed by atoms with Crippen molar-refractivity contribution in [1.82, 2.24) is 33.5 Å². The summed E-state index contributed by atoms with van der Waals surface area (Å²) in [5.74, 6) is 2.67. The van der Waals surface area contributed by atoms with E-state index in [1.165, 1.54) is 0 Å². The van der Waals surface area contributed by atoms with E-state index in [1.807, 2.05) is 42.5 Å². The van der Waals surface area contributed by atoms with Crippen molar-refractivity contribution in [3.05, 3.63) is 188 Å². The Labute approximate surface area is 316 Å². The zero-order valence-electron chi connectivity index (χ0n) is 29.5. The Morgan fingerprint density at radius 3 is 1.45 bits per heavy atom. The zero-order valence-corrected chi connectivity index (χ0v) is 29.5. The van der Waals surface area contributed by atoms with E-state index < -0.39 is 0 Å². The second-order valence-corrected chi connectivity index (χ2v) is 13.6. The van der Waals surface area contributed by atoms with Crippen molar-refractivity contribution in [3.8, 4) is 56.7 Å². The first-order chi connectivity index (χ1) is 27.3. The van der Waals surface area contributed by atoms with Gasteiger partial charge in [-0.2, -0.15) is 0 Å². The van der Waals surface area contributed by atoms with Gasteiger partial charge in [0, 0.05) is 33.5 Å². The fourth-order valence-electron chi connectivity index (χ4n) is 7.74. The Morgan fingerprint density at radius 1 is 0.327 bits per heavy atom. The van der Waals surface area contributed by atoms with Gasteiger partial charge in [0.2, 0.25) is 5.78 Å². The summed E-state index contributed by atoms with van der Waals surface area (Å²) in [5.41, 5.74) is 12.2. The first kappa shape index (κ1) is 30.9. The zero-order chi connectivity index (χ0) is 36.3. The summed E-state index contributed by atoms with van der Waals surface area (Å²) >= 11 is 0. The quantitative estimate of drug-likeness (QED) is 0.173. The summed E-state index contributed by atoms with van der Waals surface area (Å²) in [5, 5.41) is 1.11. The number of para-hydroxylation sites is 3. The molecule has 11 aromatic rings. The second-order valence-electron chi connectivity index (χ2n) is 13.6. The molecule has 7 aromatic carbocycles. The number of nitrogens with zero attached hydrogens (tertiary/aromatic N) is 7. The molecule has 0 saturated carbocycles. The van der Waals surface area contributed by atoms with Gasteiger partial charge in [-0.05, 0) is 59.7 Å². The van der Waals surface area contributed by atoms with Crippen molar-refractivity contribution in [2.45, 2.75) is 0 Å². The predicted octanol–water partition coefficient (Wildman–Crippen LogP) is 11.2. The van der Waals surface area contributed by atoms with E-state index in [-0.39, 0.29) is 0 Å². The summed E-state index contributed by atoms with van der Waals surface area (Å²) < 4.78 is 6.85. The van der Waals surface area contributed by atoms with Gasteiger partial charge in [0.25, 0.3) is 0 Å². The van der Waals surface area contributed by atoms with E-state index >= 15 is 0 Å². The lowest BCUT2D eigenvalue weighted by atomic mass is 10.0. The minimum atomic E-state index is 0.597. The van der Waals surface area contributed by atoms with E-state index in [2.05, 4.69) is 159 Å². The third-order valence-electron chi connectivity index (χ3n) is 10.3. The van der Waals surface area contributed by atoms with Crippen LogP contribution < -0.4 is 0 Å². The van der Waals surface area contributed by atoms with Gasteiger partial charge in [-0.25, -0.2) is 19.9 Å². The third-order valence-corrected chi connectivity index (χ3v) is 10.3. The number of aromatic nitrogens is 7. The van der Waals surface area contributed by atoms with Crippen molar-refractivity contribution in [2.24, 2.45) is 0 Å². The molecule has 0 atom stereocenters. The lowest BCUT2D eigenvalue weighted by Gasteiger charge is -2.10. The minimum absolute atomic E-state index is 0.597. The van der Waals surface area contributed by atoms with Crippen LogP contribution in [0.5, 0.6) is 0 Å². The summed E-state index contributed by atoms with van der Waals surface area (Å²) in [6, 6.07) is 64.8. The van der Waals surface area contributed by atoms with Crippen LogP contribution in [0.4, 0.5) is 0 Å². The molecule has 0 N–H and O–H groups in total. The van der Waals surface area contributed by atoms with Crippen LogP contribution >= 0.6 is 0 Å². The maximum Gasteiger partial charge on any atom is 0.221 e. The van der Waals surface area contributed by atoms with Gasteiger partial charge in [0.15, 0.2) is 23.1 Å². The van der Waals surface area contributed by atoms with Crippen LogP contribution in [0.25, 0.3) is 95.5 Å². The van der Waals surface area contributed by atoms with Crippen LogP contribution in [-0.2, 0) is 0 Å². The molecule has 0 bridgehead atoms. The van der Waals surface area contributed by atoms with E-state index in [9.17, 15) is 0 Å². The van der Waals surface area contributed by atoms with Crippen molar-refractivity contribution in [2.75, 3.05) is 0 Å². The Bertz CT molecular complexity index is 3160. The molecule has 0 fully saturated rings. The largest absolute Gasteiger partial charge is 0.294 e. The Kier molecular flexibility index (Phi) is 7.03. The summed E-state index contributed by atoms with van der Waals surface area (Å²) in [7, 11) is 0.